The molecule has 0 fully saturated rings. The number of benzene rings is 2. The minimum absolute atomic E-state index is 0.165. The van der Waals surface area contributed by atoms with E-state index in [1.165, 1.54) is 0 Å². The molecule has 0 spiro atoms. The van der Waals surface area contributed by atoms with Gasteiger partial charge in [-0.1, -0.05) is 25.5 Å². The highest BCUT2D eigenvalue weighted by Crippen LogP contribution is 2.34. The summed E-state index contributed by atoms with van der Waals surface area (Å²) >= 11 is 3.41. The van der Waals surface area contributed by atoms with Gasteiger partial charge in [0.15, 0.2) is 5.75 Å². The molecule has 0 aliphatic carbocycles. The molecule has 3 nitrogen and oxygen atoms in total. The van der Waals surface area contributed by atoms with E-state index in [9.17, 15) is 5.11 Å². The Bertz CT molecular complexity index is 786. The van der Waals surface area contributed by atoms with Crippen molar-refractivity contribution in [1.29, 1.82) is 0 Å². The number of phenolic OH excluding ortho intramolecular Hbond substituents is 1. The van der Waals surface area contributed by atoms with Crippen LogP contribution in [0.25, 0.3) is 22.1 Å². The number of fused-ring (bicyclic) bond motifs is 2. The second kappa shape index (κ2) is 5.37. The average Bonchev–Trinajstić information content (AvgIpc) is 2.48. The van der Waals surface area contributed by atoms with Crippen LogP contribution in [0.15, 0.2) is 34.8 Å². The third-order valence-electron chi connectivity index (χ3n) is 3.43. The van der Waals surface area contributed by atoms with Gasteiger partial charge in [0.2, 0.25) is 0 Å². The number of nitrogens with zero attached hydrogens (tertiary/aromatic N) is 2. The summed E-state index contributed by atoms with van der Waals surface area (Å²) in [4.78, 5) is 9.25. The molecule has 0 aliphatic rings. The van der Waals surface area contributed by atoms with Gasteiger partial charge in [-0.2, -0.15) is 0 Å². The van der Waals surface area contributed by atoms with Crippen LogP contribution in [-0.4, -0.2) is 15.1 Å². The largest absolute Gasteiger partial charge is 0.504 e. The van der Waals surface area contributed by atoms with Crippen LogP contribution in [0.1, 0.15) is 25.3 Å². The fourth-order valence-corrected chi connectivity index (χ4v) is 2.81. The van der Waals surface area contributed by atoms with Crippen LogP contribution in [0.5, 0.6) is 5.75 Å². The summed E-state index contributed by atoms with van der Waals surface area (Å²) in [6.07, 6.45) is 3.17. The van der Waals surface area contributed by atoms with E-state index in [1.54, 1.807) is 0 Å². The first-order chi connectivity index (χ1) is 9.70. The zero-order valence-electron chi connectivity index (χ0n) is 11.2. The van der Waals surface area contributed by atoms with Gasteiger partial charge in [-0.25, -0.2) is 9.97 Å². The van der Waals surface area contributed by atoms with Gasteiger partial charge in [0.05, 0.1) is 21.0 Å². The number of aromatic nitrogens is 2. The molecule has 0 saturated heterocycles. The molecule has 2 aromatic carbocycles. The van der Waals surface area contributed by atoms with Crippen LogP contribution in [0.3, 0.4) is 0 Å². The smallest absolute Gasteiger partial charge is 0.157 e. The molecule has 0 bridgehead atoms. The molecule has 20 heavy (non-hydrogen) atoms. The lowest BCUT2D eigenvalue weighted by Gasteiger charge is -2.09. The Morgan fingerprint density at radius 1 is 1.10 bits per heavy atom. The normalized spacial score (nSPS) is 11.3. The molecule has 0 amide bonds. The number of rotatable bonds is 3. The molecular formula is C16H15BrN2O. The van der Waals surface area contributed by atoms with Crippen molar-refractivity contribution in [3.05, 3.63) is 40.4 Å². The highest BCUT2D eigenvalue weighted by atomic mass is 79.9. The zero-order chi connectivity index (χ0) is 14.1. The van der Waals surface area contributed by atoms with E-state index in [2.05, 4.69) is 32.8 Å². The summed E-state index contributed by atoms with van der Waals surface area (Å²) in [7, 11) is 0. The molecule has 1 aromatic heterocycles. The van der Waals surface area contributed by atoms with Gasteiger partial charge in [-0.3, -0.25) is 0 Å². The van der Waals surface area contributed by atoms with Crippen molar-refractivity contribution in [2.24, 2.45) is 0 Å². The van der Waals surface area contributed by atoms with Crippen LogP contribution >= 0.6 is 15.9 Å². The fourth-order valence-electron chi connectivity index (χ4n) is 2.35. The highest BCUT2D eigenvalue weighted by molar-refractivity contribution is 9.10. The van der Waals surface area contributed by atoms with Gasteiger partial charge in [0, 0.05) is 0 Å². The minimum atomic E-state index is 0.165. The second-order valence-corrected chi connectivity index (χ2v) is 5.73. The molecule has 4 heteroatoms. The summed E-state index contributed by atoms with van der Waals surface area (Å²) in [5, 5.41) is 10.2. The van der Waals surface area contributed by atoms with E-state index in [0.29, 0.717) is 9.99 Å². The lowest BCUT2D eigenvalue weighted by molar-refractivity contribution is 0.477. The number of para-hydroxylation sites is 2. The highest BCUT2D eigenvalue weighted by Gasteiger charge is 2.13. The zero-order valence-corrected chi connectivity index (χ0v) is 12.8. The van der Waals surface area contributed by atoms with Crippen molar-refractivity contribution in [1.82, 2.24) is 9.97 Å². The molecule has 1 heterocycles. The summed E-state index contributed by atoms with van der Waals surface area (Å²) in [6, 6.07) is 9.69. The Hall–Kier alpha value is -1.68. The van der Waals surface area contributed by atoms with E-state index in [4.69, 9.17) is 0 Å². The third kappa shape index (κ3) is 2.24. The number of hydrogen-bond acceptors (Lipinski definition) is 3. The number of halogens is 1. The van der Waals surface area contributed by atoms with Gasteiger partial charge < -0.3 is 5.11 Å². The lowest BCUT2D eigenvalue weighted by Crippen LogP contribution is -1.95. The van der Waals surface area contributed by atoms with Crippen LogP contribution < -0.4 is 0 Å². The summed E-state index contributed by atoms with van der Waals surface area (Å²) in [5.74, 6) is 0.165. The van der Waals surface area contributed by atoms with Crippen LogP contribution in [0, 0.1) is 0 Å². The van der Waals surface area contributed by atoms with Crippen molar-refractivity contribution < 1.29 is 5.11 Å². The van der Waals surface area contributed by atoms with Gasteiger partial charge in [0.1, 0.15) is 5.52 Å². The van der Waals surface area contributed by atoms with Crippen LogP contribution in [0.2, 0.25) is 0 Å². The van der Waals surface area contributed by atoms with Gasteiger partial charge in [-0.15, -0.1) is 0 Å². The van der Waals surface area contributed by atoms with Gasteiger partial charge in [0.25, 0.3) is 0 Å². The summed E-state index contributed by atoms with van der Waals surface area (Å²) in [6.45, 7) is 2.17. The predicted molar refractivity (Wildman–Crippen MR) is 85.0 cm³/mol. The maximum Gasteiger partial charge on any atom is 0.157 e. The van der Waals surface area contributed by atoms with E-state index in [1.807, 2.05) is 30.3 Å². The van der Waals surface area contributed by atoms with Crippen molar-refractivity contribution in [2.45, 2.75) is 26.2 Å². The van der Waals surface area contributed by atoms with E-state index in [0.717, 1.165) is 41.4 Å². The van der Waals surface area contributed by atoms with E-state index in [-0.39, 0.29) is 5.75 Å². The Balaban J connectivity index is 2.33. The molecule has 0 saturated carbocycles. The molecule has 3 aromatic rings. The number of aromatic hydroxyl groups is 1. The molecule has 0 radical (unpaired) electrons. The van der Waals surface area contributed by atoms with Crippen molar-refractivity contribution in [3.8, 4) is 5.75 Å². The van der Waals surface area contributed by atoms with Crippen molar-refractivity contribution in [2.75, 3.05) is 0 Å². The van der Waals surface area contributed by atoms with E-state index < -0.39 is 0 Å². The van der Waals surface area contributed by atoms with Crippen molar-refractivity contribution in [3.63, 3.8) is 0 Å². The lowest BCUT2D eigenvalue weighted by atomic mass is 10.1. The number of hydrogen-bond donors (Lipinski definition) is 1. The maximum atomic E-state index is 10.2. The monoisotopic (exact) mass is 330 g/mol. The van der Waals surface area contributed by atoms with Crippen LogP contribution in [-0.2, 0) is 6.42 Å². The molecule has 102 valence electrons. The summed E-state index contributed by atoms with van der Waals surface area (Å²) in [5.41, 5.74) is 4.17. The fraction of sp³-hybridized carbons (Fsp3) is 0.250. The SMILES string of the molecule is CCCCc1cc(Br)c(O)c2nc3ccccc3nc12. The first-order valence-corrected chi connectivity index (χ1v) is 7.57. The first-order valence-electron chi connectivity index (χ1n) is 6.77. The average molecular weight is 331 g/mol. The molecule has 0 aliphatic heterocycles. The standard InChI is InChI=1S/C16H15BrN2O/c1-2-3-6-10-9-11(17)16(20)15-14(10)18-12-7-4-5-8-13(12)19-15/h4-5,7-9,20H,2-3,6H2,1H3. The van der Waals surface area contributed by atoms with Crippen molar-refractivity contribution >= 4 is 38.0 Å². The first kappa shape index (κ1) is 13.3. The van der Waals surface area contributed by atoms with E-state index >= 15 is 0 Å². The Kier molecular flexibility index (Phi) is 3.57. The molecule has 0 atom stereocenters. The Morgan fingerprint density at radius 3 is 2.40 bits per heavy atom. The summed E-state index contributed by atoms with van der Waals surface area (Å²) < 4.78 is 0.681. The number of unbranched alkanes of at least 4 members (excludes halogenated alkanes) is 1. The predicted octanol–water partition coefficient (Wildman–Crippen LogP) is 4.59. The van der Waals surface area contributed by atoms with Crippen LogP contribution in [0.4, 0.5) is 0 Å². The quantitative estimate of drug-likeness (QED) is 0.714. The second-order valence-electron chi connectivity index (χ2n) is 4.88. The van der Waals surface area contributed by atoms with Gasteiger partial charge >= 0.3 is 0 Å². The minimum Gasteiger partial charge on any atom is -0.504 e. The topological polar surface area (TPSA) is 46.0 Å². The van der Waals surface area contributed by atoms with Gasteiger partial charge in [-0.05, 0) is 52.5 Å². The Morgan fingerprint density at radius 2 is 1.75 bits per heavy atom. The molecule has 1 N–H and O–H groups in total. The Labute approximate surface area is 125 Å². The maximum absolute atomic E-state index is 10.2. The molecular weight excluding hydrogens is 316 g/mol. The number of aryl methyl sites for hydroxylation is 1. The molecule has 0 unspecified atom stereocenters. The third-order valence-corrected chi connectivity index (χ3v) is 4.03. The number of phenols is 1. The molecule has 3 rings (SSSR count).